The predicted molar refractivity (Wildman–Crippen MR) is 103 cm³/mol. The van der Waals surface area contributed by atoms with Gasteiger partial charge in [-0.3, -0.25) is 23.3 Å². The van der Waals surface area contributed by atoms with Crippen molar-refractivity contribution in [3.63, 3.8) is 0 Å². The second-order valence-corrected chi connectivity index (χ2v) is 6.30. The first-order chi connectivity index (χ1) is 13.3. The molecule has 28 heavy (non-hydrogen) atoms. The lowest BCUT2D eigenvalue weighted by atomic mass is 10.2. The number of aromatic nitrogens is 4. The summed E-state index contributed by atoms with van der Waals surface area (Å²) in [5.41, 5.74) is -0.535. The summed E-state index contributed by atoms with van der Waals surface area (Å²) in [5.74, 6) is 0.524. The number of rotatable bonds is 5. The monoisotopic (exact) mass is 407 g/mol. The molecular formula is C17H18ClN5O5. The Kier molecular flexibility index (Phi) is 5.14. The van der Waals surface area contributed by atoms with E-state index >= 15 is 0 Å². The summed E-state index contributed by atoms with van der Waals surface area (Å²) in [5, 5.41) is 2.62. The number of imidazole rings is 1. The summed E-state index contributed by atoms with van der Waals surface area (Å²) in [4.78, 5) is 41.2. The fraction of sp³-hybridized carbons (Fsp3) is 0.294. The van der Waals surface area contributed by atoms with Gasteiger partial charge in [-0.15, -0.1) is 0 Å². The molecular weight excluding hydrogens is 390 g/mol. The molecule has 148 valence electrons. The number of nitrogens with zero attached hydrogens (tertiary/aromatic N) is 4. The highest BCUT2D eigenvalue weighted by Gasteiger charge is 2.20. The molecule has 1 aromatic carbocycles. The van der Waals surface area contributed by atoms with Crippen LogP contribution in [0.25, 0.3) is 11.2 Å². The van der Waals surface area contributed by atoms with Crippen LogP contribution in [-0.4, -0.2) is 38.8 Å². The molecule has 2 heterocycles. The number of hydrogen-bond acceptors (Lipinski definition) is 6. The number of methoxy groups -OCH3 is 2. The van der Waals surface area contributed by atoms with Crippen molar-refractivity contribution in [2.45, 2.75) is 6.54 Å². The molecule has 3 rings (SSSR count). The Labute approximate surface area is 163 Å². The minimum atomic E-state index is -0.590. The molecule has 10 nitrogen and oxygen atoms in total. The predicted octanol–water partition coefficient (Wildman–Crippen LogP) is 0.743. The van der Waals surface area contributed by atoms with Crippen LogP contribution < -0.4 is 26.0 Å². The second-order valence-electron chi connectivity index (χ2n) is 5.96. The summed E-state index contributed by atoms with van der Waals surface area (Å²) in [7, 11) is 5.81. The van der Waals surface area contributed by atoms with E-state index in [2.05, 4.69) is 10.3 Å². The highest BCUT2D eigenvalue weighted by Crippen LogP contribution is 2.29. The largest absolute Gasteiger partial charge is 0.497 e. The van der Waals surface area contributed by atoms with Gasteiger partial charge in [0.2, 0.25) is 11.2 Å². The number of amides is 1. The molecule has 0 aliphatic heterocycles. The molecule has 2 aromatic heterocycles. The Bertz CT molecular complexity index is 1190. The lowest BCUT2D eigenvalue weighted by molar-refractivity contribution is -0.116. The van der Waals surface area contributed by atoms with Crippen LogP contribution in [0.15, 0.2) is 27.8 Å². The lowest BCUT2D eigenvalue weighted by Gasteiger charge is -2.12. The fourth-order valence-corrected chi connectivity index (χ4v) is 3.02. The molecule has 0 saturated carbocycles. The SMILES string of the molecule is COc1ccc(NC(=O)Cn2c(Cl)nc3c2c(=O)n(C)c(=O)n3C)c(OC)c1. The Hall–Kier alpha value is -3.27. The van der Waals surface area contributed by atoms with E-state index < -0.39 is 17.2 Å². The van der Waals surface area contributed by atoms with Crippen molar-refractivity contribution in [2.75, 3.05) is 19.5 Å². The van der Waals surface area contributed by atoms with Crippen molar-refractivity contribution in [1.82, 2.24) is 18.7 Å². The first kappa shape index (κ1) is 19.5. The van der Waals surface area contributed by atoms with Crippen molar-refractivity contribution in [1.29, 1.82) is 0 Å². The highest BCUT2D eigenvalue weighted by atomic mass is 35.5. The van der Waals surface area contributed by atoms with Gasteiger partial charge in [0.25, 0.3) is 5.56 Å². The molecule has 1 amide bonds. The fourth-order valence-electron chi connectivity index (χ4n) is 2.80. The van der Waals surface area contributed by atoms with Gasteiger partial charge in [-0.05, 0) is 23.7 Å². The van der Waals surface area contributed by atoms with Gasteiger partial charge in [-0.2, -0.15) is 4.98 Å². The van der Waals surface area contributed by atoms with E-state index in [4.69, 9.17) is 21.1 Å². The van der Waals surface area contributed by atoms with E-state index in [-0.39, 0.29) is 23.0 Å². The van der Waals surface area contributed by atoms with Crippen molar-refractivity contribution < 1.29 is 14.3 Å². The summed E-state index contributed by atoms with van der Waals surface area (Å²) in [6.07, 6.45) is 0. The van der Waals surface area contributed by atoms with E-state index in [1.807, 2.05) is 0 Å². The van der Waals surface area contributed by atoms with Crippen LogP contribution >= 0.6 is 11.6 Å². The lowest BCUT2D eigenvalue weighted by Crippen LogP contribution is -2.37. The van der Waals surface area contributed by atoms with Crippen LogP contribution in [0, 0.1) is 0 Å². The zero-order chi connectivity index (χ0) is 20.6. The van der Waals surface area contributed by atoms with Gasteiger partial charge in [0, 0.05) is 20.2 Å². The minimum Gasteiger partial charge on any atom is -0.497 e. The molecule has 0 fully saturated rings. The van der Waals surface area contributed by atoms with Crippen LogP contribution in [-0.2, 0) is 25.4 Å². The van der Waals surface area contributed by atoms with E-state index in [1.165, 1.54) is 37.4 Å². The highest BCUT2D eigenvalue weighted by molar-refractivity contribution is 6.29. The molecule has 0 bridgehead atoms. The van der Waals surface area contributed by atoms with Gasteiger partial charge < -0.3 is 14.8 Å². The number of carbonyl (C=O) groups is 1. The third-order valence-corrected chi connectivity index (χ3v) is 4.57. The van der Waals surface area contributed by atoms with Gasteiger partial charge in [0.05, 0.1) is 19.9 Å². The van der Waals surface area contributed by atoms with Gasteiger partial charge in [0.15, 0.2) is 11.2 Å². The number of halogens is 1. The van der Waals surface area contributed by atoms with Gasteiger partial charge in [-0.1, -0.05) is 0 Å². The summed E-state index contributed by atoms with van der Waals surface area (Å²) in [6.45, 7) is -0.280. The third kappa shape index (κ3) is 3.22. The Morgan fingerprint density at radius 1 is 1.18 bits per heavy atom. The first-order valence-corrected chi connectivity index (χ1v) is 8.50. The van der Waals surface area contributed by atoms with Crippen LogP contribution in [0.4, 0.5) is 5.69 Å². The van der Waals surface area contributed by atoms with Crippen LogP contribution in [0.5, 0.6) is 11.5 Å². The van der Waals surface area contributed by atoms with E-state index in [9.17, 15) is 14.4 Å². The van der Waals surface area contributed by atoms with Gasteiger partial charge in [-0.25, -0.2) is 4.79 Å². The Morgan fingerprint density at radius 2 is 1.89 bits per heavy atom. The number of ether oxygens (including phenoxy) is 2. The number of hydrogen-bond donors (Lipinski definition) is 1. The van der Waals surface area contributed by atoms with E-state index in [1.54, 1.807) is 18.2 Å². The molecule has 11 heteroatoms. The number of fused-ring (bicyclic) bond motifs is 1. The maximum atomic E-state index is 12.6. The first-order valence-electron chi connectivity index (χ1n) is 8.12. The van der Waals surface area contributed by atoms with E-state index in [0.717, 1.165) is 4.57 Å². The number of carbonyl (C=O) groups excluding carboxylic acids is 1. The molecule has 0 aliphatic rings. The van der Waals surface area contributed by atoms with E-state index in [0.29, 0.717) is 17.2 Å². The van der Waals surface area contributed by atoms with Crippen LogP contribution in [0.3, 0.4) is 0 Å². The minimum absolute atomic E-state index is 0.0615. The normalized spacial score (nSPS) is 10.9. The molecule has 0 unspecified atom stereocenters. The second kappa shape index (κ2) is 7.39. The summed E-state index contributed by atoms with van der Waals surface area (Å²) >= 11 is 6.13. The Balaban J connectivity index is 1.98. The molecule has 0 radical (unpaired) electrons. The molecule has 0 saturated heterocycles. The maximum absolute atomic E-state index is 12.6. The van der Waals surface area contributed by atoms with Crippen molar-refractivity contribution >= 4 is 34.4 Å². The molecule has 1 N–H and O–H groups in total. The number of anilines is 1. The smallest absolute Gasteiger partial charge is 0.332 e. The van der Waals surface area contributed by atoms with Gasteiger partial charge in [0.1, 0.15) is 18.0 Å². The summed E-state index contributed by atoms with van der Waals surface area (Å²) < 4.78 is 13.8. The zero-order valence-electron chi connectivity index (χ0n) is 15.6. The Morgan fingerprint density at radius 3 is 2.54 bits per heavy atom. The number of aryl methyl sites for hydroxylation is 1. The van der Waals surface area contributed by atoms with Crippen LogP contribution in [0.1, 0.15) is 0 Å². The molecule has 0 atom stereocenters. The summed E-state index contributed by atoms with van der Waals surface area (Å²) in [6, 6.07) is 4.93. The van der Waals surface area contributed by atoms with Gasteiger partial charge >= 0.3 is 5.69 Å². The number of nitrogens with one attached hydrogen (secondary N) is 1. The third-order valence-electron chi connectivity index (χ3n) is 4.29. The molecule has 0 spiro atoms. The van der Waals surface area contributed by atoms with Crippen LogP contribution in [0.2, 0.25) is 5.28 Å². The topological polar surface area (TPSA) is 109 Å². The maximum Gasteiger partial charge on any atom is 0.332 e. The quantitative estimate of drug-likeness (QED) is 0.625. The van der Waals surface area contributed by atoms with Crippen molar-refractivity contribution in [3.8, 4) is 11.5 Å². The number of benzene rings is 1. The molecule has 0 aliphatic carbocycles. The average molecular weight is 408 g/mol. The zero-order valence-corrected chi connectivity index (χ0v) is 16.4. The average Bonchev–Trinajstić information content (AvgIpc) is 3.01. The van der Waals surface area contributed by atoms with Crippen molar-refractivity contribution in [2.24, 2.45) is 14.1 Å². The molecule has 3 aromatic rings. The van der Waals surface area contributed by atoms with Crippen molar-refractivity contribution in [3.05, 3.63) is 44.3 Å². The standard InChI is InChI=1S/C17H18ClN5O5/c1-21-14-13(15(25)22(2)17(21)26)23(16(18)20-14)8-12(24)19-10-6-5-9(27-3)7-11(10)28-4/h5-7H,8H2,1-4H3,(H,19,24).